The topological polar surface area (TPSA) is 85.9 Å². The molecule has 0 fully saturated rings. The first kappa shape index (κ1) is 20.3. The van der Waals surface area contributed by atoms with Crippen LogP contribution < -0.4 is 24.8 Å². The maximum absolute atomic E-state index is 12.4. The van der Waals surface area contributed by atoms with E-state index in [-0.39, 0.29) is 18.2 Å². The number of benzene rings is 3. The molecule has 0 aromatic heterocycles. The van der Waals surface area contributed by atoms with Gasteiger partial charge in [-0.25, -0.2) is 0 Å². The van der Waals surface area contributed by atoms with Crippen LogP contribution in [0.25, 0.3) is 0 Å². The van der Waals surface area contributed by atoms with Gasteiger partial charge in [0.15, 0.2) is 6.10 Å². The molecule has 3 aromatic rings. The Kier molecular flexibility index (Phi) is 6.03. The number of anilines is 2. The van der Waals surface area contributed by atoms with Crippen LogP contribution in [0, 0.1) is 0 Å². The lowest BCUT2D eigenvalue weighted by molar-refractivity contribution is -0.128. The molecular weight excluding hydrogens is 396 g/mol. The number of hydrogen-bond acceptors (Lipinski definition) is 5. The van der Waals surface area contributed by atoms with Crippen LogP contribution in [0.5, 0.6) is 23.0 Å². The molecule has 1 atom stereocenters. The third-order valence-corrected chi connectivity index (χ3v) is 4.59. The van der Waals surface area contributed by atoms with Crippen LogP contribution in [0.1, 0.15) is 13.3 Å². The van der Waals surface area contributed by atoms with E-state index in [4.69, 9.17) is 14.2 Å². The van der Waals surface area contributed by atoms with Crippen LogP contribution in [0.4, 0.5) is 11.4 Å². The molecule has 0 saturated heterocycles. The lowest BCUT2D eigenvalue weighted by Crippen LogP contribution is -2.39. The number of carbonyl (C=O) groups is 2. The van der Waals surface area contributed by atoms with Crippen molar-refractivity contribution < 1.29 is 23.8 Å². The van der Waals surface area contributed by atoms with Crippen LogP contribution >= 0.6 is 0 Å². The average molecular weight is 418 g/mol. The molecule has 0 radical (unpaired) electrons. The fourth-order valence-electron chi connectivity index (χ4n) is 3.12. The molecule has 0 saturated carbocycles. The van der Waals surface area contributed by atoms with Gasteiger partial charge in [0.05, 0.1) is 18.7 Å². The summed E-state index contributed by atoms with van der Waals surface area (Å²) in [6, 6.07) is 21.4. The summed E-state index contributed by atoms with van der Waals surface area (Å²) in [7, 11) is 0. The van der Waals surface area contributed by atoms with Crippen LogP contribution in [-0.4, -0.2) is 24.5 Å². The molecule has 1 aliphatic heterocycles. The van der Waals surface area contributed by atoms with Crippen molar-refractivity contribution in [2.75, 3.05) is 17.2 Å². The zero-order chi connectivity index (χ0) is 21.6. The quantitative estimate of drug-likeness (QED) is 0.585. The maximum Gasteiger partial charge on any atom is 0.266 e. The van der Waals surface area contributed by atoms with Crippen molar-refractivity contribution in [2.45, 2.75) is 19.4 Å². The van der Waals surface area contributed by atoms with Crippen molar-refractivity contribution in [1.29, 1.82) is 0 Å². The van der Waals surface area contributed by atoms with E-state index in [1.807, 2.05) is 37.3 Å². The van der Waals surface area contributed by atoms with Gasteiger partial charge in [0.25, 0.3) is 5.91 Å². The summed E-state index contributed by atoms with van der Waals surface area (Å²) in [5, 5.41) is 5.53. The normalized spacial score (nSPS) is 14.6. The van der Waals surface area contributed by atoms with Crippen LogP contribution in [-0.2, 0) is 9.59 Å². The maximum atomic E-state index is 12.4. The summed E-state index contributed by atoms with van der Waals surface area (Å²) in [4.78, 5) is 24.6. The van der Waals surface area contributed by atoms with E-state index in [0.717, 1.165) is 5.75 Å². The lowest BCUT2D eigenvalue weighted by Gasteiger charge is -2.25. The highest BCUT2D eigenvalue weighted by Crippen LogP contribution is 2.30. The number of nitrogens with one attached hydrogen (secondary N) is 2. The minimum atomic E-state index is -0.878. The lowest BCUT2D eigenvalue weighted by atomic mass is 10.1. The Hall–Kier alpha value is -4.00. The van der Waals surface area contributed by atoms with E-state index in [1.165, 1.54) is 0 Å². The van der Waals surface area contributed by atoms with E-state index in [9.17, 15) is 9.59 Å². The van der Waals surface area contributed by atoms with E-state index in [1.54, 1.807) is 42.5 Å². The van der Waals surface area contributed by atoms with Crippen molar-refractivity contribution in [3.63, 3.8) is 0 Å². The average Bonchev–Trinajstić information content (AvgIpc) is 2.77. The molecule has 31 heavy (non-hydrogen) atoms. The number of rotatable bonds is 7. The van der Waals surface area contributed by atoms with E-state index in [2.05, 4.69) is 10.6 Å². The number of carbonyl (C=O) groups excluding carboxylic acids is 2. The minimum Gasteiger partial charge on any atom is -0.494 e. The second kappa shape index (κ2) is 9.21. The third-order valence-electron chi connectivity index (χ3n) is 4.59. The predicted molar refractivity (Wildman–Crippen MR) is 117 cm³/mol. The molecule has 0 aliphatic carbocycles. The van der Waals surface area contributed by atoms with Gasteiger partial charge in [0.1, 0.15) is 23.0 Å². The molecule has 4 rings (SSSR count). The number of ether oxygens (including phenoxy) is 3. The summed E-state index contributed by atoms with van der Waals surface area (Å²) in [5.74, 6) is 1.99. The van der Waals surface area contributed by atoms with Crippen LogP contribution in [0.15, 0.2) is 72.8 Å². The molecule has 1 heterocycles. The Balaban J connectivity index is 1.31. The van der Waals surface area contributed by atoms with Gasteiger partial charge in [-0.2, -0.15) is 0 Å². The van der Waals surface area contributed by atoms with Crippen molar-refractivity contribution >= 4 is 23.2 Å². The second-order valence-corrected chi connectivity index (χ2v) is 6.88. The smallest absolute Gasteiger partial charge is 0.266 e. The first-order chi connectivity index (χ1) is 15.1. The van der Waals surface area contributed by atoms with E-state index >= 15 is 0 Å². The number of fused-ring (bicyclic) bond motifs is 1. The van der Waals surface area contributed by atoms with Gasteiger partial charge < -0.3 is 24.8 Å². The van der Waals surface area contributed by atoms with Gasteiger partial charge in [0.2, 0.25) is 5.91 Å². The van der Waals surface area contributed by atoms with Crippen molar-refractivity contribution in [1.82, 2.24) is 0 Å². The molecule has 7 nitrogen and oxygen atoms in total. The second-order valence-electron chi connectivity index (χ2n) is 6.88. The van der Waals surface area contributed by atoms with Crippen molar-refractivity contribution in [3.8, 4) is 23.0 Å². The molecule has 0 bridgehead atoms. The van der Waals surface area contributed by atoms with Gasteiger partial charge in [-0.05, 0) is 67.6 Å². The zero-order valence-electron chi connectivity index (χ0n) is 17.0. The summed E-state index contributed by atoms with van der Waals surface area (Å²) in [5.41, 5.74) is 1.20. The Labute approximate surface area is 179 Å². The highest BCUT2D eigenvalue weighted by atomic mass is 16.5. The summed E-state index contributed by atoms with van der Waals surface area (Å²) in [6.07, 6.45) is -0.970. The molecule has 1 aliphatic rings. The SMILES string of the molecule is CCOc1ccc(Oc2ccc(NC(=O)C[C@@H]3Oc4ccccc4NC3=O)cc2)cc1. The molecule has 2 N–H and O–H groups in total. The van der Waals surface area contributed by atoms with Gasteiger partial charge in [-0.3, -0.25) is 9.59 Å². The van der Waals surface area contributed by atoms with Crippen LogP contribution in [0.2, 0.25) is 0 Å². The molecule has 2 amide bonds. The largest absolute Gasteiger partial charge is 0.494 e. The highest BCUT2D eigenvalue weighted by Gasteiger charge is 2.29. The molecule has 158 valence electrons. The molecule has 7 heteroatoms. The zero-order valence-corrected chi connectivity index (χ0v) is 17.0. The van der Waals surface area contributed by atoms with Gasteiger partial charge in [-0.15, -0.1) is 0 Å². The van der Waals surface area contributed by atoms with Crippen molar-refractivity contribution in [3.05, 3.63) is 72.8 Å². The fourth-order valence-corrected chi connectivity index (χ4v) is 3.12. The fraction of sp³-hybridized carbons (Fsp3) is 0.167. The van der Waals surface area contributed by atoms with Gasteiger partial charge in [-0.1, -0.05) is 12.1 Å². The Morgan fingerprint density at radius 3 is 2.32 bits per heavy atom. The molecule has 0 unspecified atom stereocenters. The number of hydrogen-bond donors (Lipinski definition) is 2. The highest BCUT2D eigenvalue weighted by molar-refractivity contribution is 6.01. The van der Waals surface area contributed by atoms with Gasteiger partial charge in [0, 0.05) is 5.69 Å². The van der Waals surface area contributed by atoms with Gasteiger partial charge >= 0.3 is 0 Å². The Morgan fingerprint density at radius 2 is 1.61 bits per heavy atom. The minimum absolute atomic E-state index is 0.0927. The van der Waals surface area contributed by atoms with Crippen molar-refractivity contribution in [2.24, 2.45) is 0 Å². The Bertz CT molecular complexity index is 1060. The molecule has 3 aromatic carbocycles. The number of para-hydroxylation sites is 2. The van der Waals surface area contributed by atoms with Crippen LogP contribution in [0.3, 0.4) is 0 Å². The summed E-state index contributed by atoms with van der Waals surface area (Å²) in [6.45, 7) is 2.54. The monoisotopic (exact) mass is 418 g/mol. The summed E-state index contributed by atoms with van der Waals surface area (Å²) >= 11 is 0. The Morgan fingerprint density at radius 1 is 0.968 bits per heavy atom. The van der Waals surface area contributed by atoms with E-state index in [0.29, 0.717) is 35.2 Å². The first-order valence-electron chi connectivity index (χ1n) is 9.98. The first-order valence-corrected chi connectivity index (χ1v) is 9.98. The predicted octanol–water partition coefficient (Wildman–Crippen LogP) is 4.61. The third kappa shape index (κ3) is 5.14. The van der Waals surface area contributed by atoms with E-state index < -0.39 is 6.10 Å². The standard InChI is InChI=1S/C24H22N2O5/c1-2-29-17-11-13-19(14-12-17)30-18-9-7-16(8-10-18)25-23(27)15-22-24(28)26-20-5-3-4-6-21(20)31-22/h3-14,22H,2,15H2,1H3,(H,25,27)(H,26,28)/t22-/m0/s1. The summed E-state index contributed by atoms with van der Waals surface area (Å²) < 4.78 is 16.9. The number of amides is 2. The molecular formula is C24H22N2O5. The molecule has 0 spiro atoms.